The van der Waals surface area contributed by atoms with Crippen molar-refractivity contribution in [2.24, 2.45) is 0 Å². The number of nitro groups is 1. The number of ether oxygens (including phenoxy) is 1. The molecule has 1 amide bonds. The first-order chi connectivity index (χ1) is 13.0. The average molecular weight is 367 g/mol. The zero-order valence-electron chi connectivity index (χ0n) is 14.2. The van der Waals surface area contributed by atoms with E-state index in [-0.39, 0.29) is 22.7 Å². The van der Waals surface area contributed by atoms with Gasteiger partial charge in [-0.15, -0.1) is 0 Å². The van der Waals surface area contributed by atoms with E-state index < -0.39 is 16.6 Å². The maximum absolute atomic E-state index is 13.8. The molecule has 3 aromatic rings. The highest BCUT2D eigenvalue weighted by Crippen LogP contribution is 2.30. The summed E-state index contributed by atoms with van der Waals surface area (Å²) in [7, 11) is 1.32. The Morgan fingerprint density at radius 2 is 1.96 bits per heavy atom. The molecule has 0 saturated heterocycles. The molecule has 0 aliphatic rings. The van der Waals surface area contributed by atoms with E-state index in [1.807, 2.05) is 0 Å². The maximum Gasteiger partial charge on any atom is 0.312 e. The SMILES string of the molecule is COc1ccc(NC(=O)c2ccc(-c3ccccc3F)nc2)cc1[N+](=O)[O-]. The van der Waals surface area contributed by atoms with Gasteiger partial charge >= 0.3 is 5.69 Å². The molecule has 2 aromatic carbocycles. The molecule has 3 rings (SSSR count). The number of pyridine rings is 1. The second-order valence-corrected chi connectivity index (χ2v) is 5.51. The summed E-state index contributed by atoms with van der Waals surface area (Å²) in [6, 6.07) is 13.3. The van der Waals surface area contributed by atoms with E-state index in [0.717, 1.165) is 0 Å². The van der Waals surface area contributed by atoms with E-state index in [1.54, 1.807) is 18.2 Å². The minimum Gasteiger partial charge on any atom is -0.490 e. The van der Waals surface area contributed by atoms with Crippen molar-refractivity contribution in [1.82, 2.24) is 4.98 Å². The van der Waals surface area contributed by atoms with Crippen LogP contribution in [0.15, 0.2) is 60.8 Å². The highest BCUT2D eigenvalue weighted by atomic mass is 19.1. The van der Waals surface area contributed by atoms with E-state index in [9.17, 15) is 19.3 Å². The topological polar surface area (TPSA) is 94.4 Å². The lowest BCUT2D eigenvalue weighted by atomic mass is 10.1. The Morgan fingerprint density at radius 3 is 2.59 bits per heavy atom. The number of hydrogen-bond acceptors (Lipinski definition) is 5. The van der Waals surface area contributed by atoms with Crippen LogP contribution in [0, 0.1) is 15.9 Å². The number of nitro benzene ring substituents is 1. The Morgan fingerprint density at radius 1 is 1.19 bits per heavy atom. The van der Waals surface area contributed by atoms with Gasteiger partial charge in [-0.3, -0.25) is 19.9 Å². The molecule has 136 valence electrons. The third-order valence-electron chi connectivity index (χ3n) is 3.81. The molecule has 0 aliphatic heterocycles. The highest BCUT2D eigenvalue weighted by molar-refractivity contribution is 6.04. The normalized spacial score (nSPS) is 10.3. The number of amides is 1. The van der Waals surface area contributed by atoms with Crippen LogP contribution in [-0.4, -0.2) is 22.9 Å². The summed E-state index contributed by atoms with van der Waals surface area (Å²) in [6.45, 7) is 0. The van der Waals surface area contributed by atoms with Crippen LogP contribution < -0.4 is 10.1 Å². The van der Waals surface area contributed by atoms with Gasteiger partial charge in [-0.25, -0.2) is 4.39 Å². The minimum atomic E-state index is -0.598. The van der Waals surface area contributed by atoms with Gasteiger partial charge in [0, 0.05) is 23.5 Å². The average Bonchev–Trinajstić information content (AvgIpc) is 2.68. The third-order valence-corrected chi connectivity index (χ3v) is 3.81. The largest absolute Gasteiger partial charge is 0.490 e. The molecule has 0 bridgehead atoms. The molecule has 8 heteroatoms. The molecule has 1 aromatic heterocycles. The number of rotatable bonds is 5. The molecule has 1 heterocycles. The van der Waals surface area contributed by atoms with Crippen LogP contribution in [0.2, 0.25) is 0 Å². The number of benzene rings is 2. The smallest absolute Gasteiger partial charge is 0.312 e. The van der Waals surface area contributed by atoms with E-state index >= 15 is 0 Å². The summed E-state index contributed by atoms with van der Waals surface area (Å²) in [6.07, 6.45) is 1.31. The Labute approximate surface area is 153 Å². The highest BCUT2D eigenvalue weighted by Gasteiger charge is 2.17. The molecule has 0 aliphatic carbocycles. The van der Waals surface area contributed by atoms with E-state index in [4.69, 9.17) is 4.74 Å². The standard InChI is InChI=1S/C19H14FN3O4/c1-27-18-9-7-13(10-17(18)23(25)26)22-19(24)12-6-8-16(21-11-12)14-4-2-3-5-15(14)20/h2-11H,1H3,(H,22,24). The number of methoxy groups -OCH3 is 1. The van der Waals surface area contributed by atoms with Gasteiger partial charge in [0.05, 0.1) is 23.3 Å². The van der Waals surface area contributed by atoms with Crippen LogP contribution in [0.4, 0.5) is 15.8 Å². The van der Waals surface area contributed by atoms with Crippen molar-refractivity contribution in [2.75, 3.05) is 12.4 Å². The Bertz CT molecular complexity index is 1010. The fourth-order valence-corrected chi connectivity index (χ4v) is 2.47. The molecule has 1 N–H and O–H groups in total. The predicted octanol–water partition coefficient (Wildman–Crippen LogP) is 4.06. The second kappa shape index (κ2) is 7.61. The van der Waals surface area contributed by atoms with Gasteiger partial charge in [-0.1, -0.05) is 12.1 Å². The Kier molecular flexibility index (Phi) is 5.07. The third kappa shape index (κ3) is 3.90. The van der Waals surface area contributed by atoms with Gasteiger partial charge in [0.1, 0.15) is 5.82 Å². The second-order valence-electron chi connectivity index (χ2n) is 5.51. The molecule has 7 nitrogen and oxygen atoms in total. The number of hydrogen-bond donors (Lipinski definition) is 1. The lowest BCUT2D eigenvalue weighted by Gasteiger charge is -2.08. The predicted molar refractivity (Wildman–Crippen MR) is 97.2 cm³/mol. The van der Waals surface area contributed by atoms with Gasteiger partial charge in [0.25, 0.3) is 5.91 Å². The number of aromatic nitrogens is 1. The van der Waals surface area contributed by atoms with Crippen LogP contribution >= 0.6 is 0 Å². The van der Waals surface area contributed by atoms with E-state index in [2.05, 4.69) is 10.3 Å². The van der Waals surface area contributed by atoms with Gasteiger partial charge in [-0.2, -0.15) is 0 Å². The number of carbonyl (C=O) groups excluding carboxylic acids is 1. The molecule has 0 atom stereocenters. The fourth-order valence-electron chi connectivity index (χ4n) is 2.47. The van der Waals surface area contributed by atoms with Crippen molar-refractivity contribution in [3.05, 3.63) is 82.3 Å². The van der Waals surface area contributed by atoms with Gasteiger partial charge in [-0.05, 0) is 36.4 Å². The molecular weight excluding hydrogens is 353 g/mol. The minimum absolute atomic E-state index is 0.0916. The Balaban J connectivity index is 1.80. The summed E-state index contributed by atoms with van der Waals surface area (Å²) in [5.74, 6) is -0.816. The van der Waals surface area contributed by atoms with Crippen molar-refractivity contribution >= 4 is 17.3 Å². The van der Waals surface area contributed by atoms with Crippen molar-refractivity contribution < 1.29 is 18.8 Å². The Hall–Kier alpha value is -3.81. The first-order valence-corrected chi connectivity index (χ1v) is 7.84. The van der Waals surface area contributed by atoms with Gasteiger partial charge in [0.2, 0.25) is 0 Å². The number of nitrogens with zero attached hydrogens (tertiary/aromatic N) is 2. The number of halogens is 1. The summed E-state index contributed by atoms with van der Waals surface area (Å²) in [5.41, 5.74) is 0.933. The van der Waals surface area contributed by atoms with Crippen LogP contribution in [0.25, 0.3) is 11.3 Å². The summed E-state index contributed by atoms with van der Waals surface area (Å²) in [5, 5.41) is 13.6. The number of nitrogens with one attached hydrogen (secondary N) is 1. The van der Waals surface area contributed by atoms with E-state index in [0.29, 0.717) is 11.3 Å². The molecular formula is C19H14FN3O4. The van der Waals surface area contributed by atoms with Gasteiger partial charge in [0.15, 0.2) is 5.75 Å². The fraction of sp³-hybridized carbons (Fsp3) is 0.0526. The summed E-state index contributed by atoms with van der Waals surface area (Å²) < 4.78 is 18.7. The first-order valence-electron chi connectivity index (χ1n) is 7.84. The van der Waals surface area contributed by atoms with Gasteiger partial charge < -0.3 is 10.1 Å². The zero-order valence-corrected chi connectivity index (χ0v) is 14.2. The molecule has 0 unspecified atom stereocenters. The molecule has 0 spiro atoms. The lowest BCUT2D eigenvalue weighted by Crippen LogP contribution is -2.12. The number of carbonyl (C=O) groups is 1. The van der Waals surface area contributed by atoms with Crippen molar-refractivity contribution in [3.63, 3.8) is 0 Å². The molecule has 0 fully saturated rings. The number of anilines is 1. The monoisotopic (exact) mass is 367 g/mol. The van der Waals surface area contributed by atoms with Crippen LogP contribution in [0.1, 0.15) is 10.4 Å². The van der Waals surface area contributed by atoms with Crippen LogP contribution in [0.5, 0.6) is 5.75 Å². The lowest BCUT2D eigenvalue weighted by molar-refractivity contribution is -0.385. The first kappa shape index (κ1) is 18.0. The maximum atomic E-state index is 13.8. The summed E-state index contributed by atoms with van der Waals surface area (Å²) >= 11 is 0. The van der Waals surface area contributed by atoms with Crippen LogP contribution in [0.3, 0.4) is 0 Å². The quantitative estimate of drug-likeness (QED) is 0.542. The molecule has 0 saturated carbocycles. The van der Waals surface area contributed by atoms with E-state index in [1.165, 1.54) is 49.7 Å². The summed E-state index contributed by atoms with van der Waals surface area (Å²) in [4.78, 5) is 26.9. The van der Waals surface area contributed by atoms with Crippen molar-refractivity contribution in [3.8, 4) is 17.0 Å². The van der Waals surface area contributed by atoms with Crippen molar-refractivity contribution in [2.45, 2.75) is 0 Å². The molecule has 27 heavy (non-hydrogen) atoms. The molecule has 0 radical (unpaired) electrons. The zero-order chi connectivity index (χ0) is 19.4. The van der Waals surface area contributed by atoms with Crippen LogP contribution in [-0.2, 0) is 0 Å². The van der Waals surface area contributed by atoms with Crippen molar-refractivity contribution in [1.29, 1.82) is 0 Å².